The maximum Gasteiger partial charge on any atom is 0.126 e. The van der Waals surface area contributed by atoms with E-state index in [2.05, 4.69) is 0 Å². The zero-order valence-electron chi connectivity index (χ0n) is 6.96. The molecular formula is C9H12FNO. The predicted octanol–water partition coefficient (Wildman–Crippen LogP) is 1.55. The molecule has 0 fully saturated rings. The van der Waals surface area contributed by atoms with Crippen LogP contribution >= 0.6 is 0 Å². The number of hydrogen-bond donors (Lipinski definition) is 1. The maximum absolute atomic E-state index is 12.6. The van der Waals surface area contributed by atoms with Crippen LogP contribution in [0.2, 0.25) is 0 Å². The van der Waals surface area contributed by atoms with E-state index in [1.165, 1.54) is 12.1 Å². The van der Waals surface area contributed by atoms with E-state index in [0.29, 0.717) is 12.3 Å². The number of benzene rings is 1. The van der Waals surface area contributed by atoms with E-state index in [4.69, 9.17) is 10.5 Å². The second kappa shape index (κ2) is 4.07. The van der Waals surface area contributed by atoms with Gasteiger partial charge in [0.2, 0.25) is 0 Å². The highest BCUT2D eigenvalue weighted by molar-refractivity contribution is 5.22. The summed E-state index contributed by atoms with van der Waals surface area (Å²) in [6, 6.07) is 6.02. The summed E-state index contributed by atoms with van der Waals surface area (Å²) in [6.45, 7) is 2.27. The average Bonchev–Trinajstić information content (AvgIpc) is 2.04. The fourth-order valence-electron chi connectivity index (χ4n) is 0.821. The second-order valence-electron chi connectivity index (χ2n) is 2.62. The van der Waals surface area contributed by atoms with Crippen molar-refractivity contribution in [1.82, 2.24) is 0 Å². The molecular weight excluding hydrogens is 157 g/mol. The zero-order chi connectivity index (χ0) is 8.97. The quantitative estimate of drug-likeness (QED) is 0.745. The van der Waals surface area contributed by atoms with Crippen LogP contribution in [0.5, 0.6) is 5.75 Å². The Kier molecular flexibility index (Phi) is 3.05. The normalized spacial score (nSPS) is 12.6. The van der Waals surface area contributed by atoms with Crippen molar-refractivity contribution in [3.8, 4) is 5.75 Å². The molecule has 0 aliphatic heterocycles. The van der Waals surface area contributed by atoms with E-state index < -0.39 is 0 Å². The van der Waals surface area contributed by atoms with Crippen LogP contribution in [0.4, 0.5) is 4.39 Å². The van der Waals surface area contributed by atoms with E-state index in [9.17, 15) is 4.39 Å². The van der Waals surface area contributed by atoms with Gasteiger partial charge in [0.15, 0.2) is 0 Å². The van der Waals surface area contributed by atoms with Gasteiger partial charge in [-0.1, -0.05) is 6.07 Å². The number of hydrogen-bond acceptors (Lipinski definition) is 2. The van der Waals surface area contributed by atoms with Crippen LogP contribution in [0.1, 0.15) is 6.92 Å². The standard InChI is InChI=1S/C9H12FNO/c1-7(6-11)12-9-4-2-3-8(10)5-9/h2-5,7H,6,11H2,1H3/t7-/m1/s1. The van der Waals surface area contributed by atoms with Crippen molar-refractivity contribution < 1.29 is 9.13 Å². The molecule has 0 radical (unpaired) electrons. The molecule has 0 saturated carbocycles. The van der Waals surface area contributed by atoms with Crippen LogP contribution in [0.3, 0.4) is 0 Å². The Balaban J connectivity index is 2.63. The Morgan fingerprint density at radius 1 is 1.58 bits per heavy atom. The lowest BCUT2D eigenvalue weighted by atomic mass is 10.3. The minimum atomic E-state index is -0.295. The van der Waals surface area contributed by atoms with E-state index in [0.717, 1.165) is 0 Å². The third-order valence-electron chi connectivity index (χ3n) is 1.47. The molecule has 0 aliphatic rings. The van der Waals surface area contributed by atoms with Gasteiger partial charge in [-0.05, 0) is 19.1 Å². The first kappa shape index (κ1) is 9.00. The summed E-state index contributed by atoms with van der Waals surface area (Å²) in [7, 11) is 0. The van der Waals surface area contributed by atoms with Gasteiger partial charge in [0.05, 0.1) is 0 Å². The fourth-order valence-corrected chi connectivity index (χ4v) is 0.821. The van der Waals surface area contributed by atoms with E-state index in [-0.39, 0.29) is 11.9 Å². The largest absolute Gasteiger partial charge is 0.489 e. The monoisotopic (exact) mass is 169 g/mol. The summed E-state index contributed by atoms with van der Waals surface area (Å²) >= 11 is 0. The smallest absolute Gasteiger partial charge is 0.126 e. The van der Waals surface area contributed by atoms with Gasteiger partial charge in [-0.2, -0.15) is 0 Å². The number of halogens is 1. The van der Waals surface area contributed by atoms with Crippen LogP contribution in [0.25, 0.3) is 0 Å². The molecule has 0 bridgehead atoms. The van der Waals surface area contributed by atoms with Gasteiger partial charge in [-0.15, -0.1) is 0 Å². The fraction of sp³-hybridized carbons (Fsp3) is 0.333. The molecule has 0 spiro atoms. The van der Waals surface area contributed by atoms with Crippen molar-refractivity contribution in [2.45, 2.75) is 13.0 Å². The first-order chi connectivity index (χ1) is 5.72. The number of ether oxygens (including phenoxy) is 1. The lowest BCUT2D eigenvalue weighted by molar-refractivity contribution is 0.229. The first-order valence-corrected chi connectivity index (χ1v) is 3.84. The number of rotatable bonds is 3. The Morgan fingerprint density at radius 3 is 2.92 bits per heavy atom. The summed E-state index contributed by atoms with van der Waals surface area (Å²) in [5.41, 5.74) is 5.34. The summed E-state index contributed by atoms with van der Waals surface area (Å²) in [6.07, 6.45) is -0.0770. The van der Waals surface area contributed by atoms with Crippen LogP contribution < -0.4 is 10.5 Å². The summed E-state index contributed by atoms with van der Waals surface area (Å²) in [4.78, 5) is 0. The summed E-state index contributed by atoms with van der Waals surface area (Å²) < 4.78 is 17.9. The highest BCUT2D eigenvalue weighted by Gasteiger charge is 2.00. The highest BCUT2D eigenvalue weighted by Crippen LogP contribution is 2.13. The zero-order valence-corrected chi connectivity index (χ0v) is 6.96. The van der Waals surface area contributed by atoms with Gasteiger partial charge < -0.3 is 10.5 Å². The number of nitrogens with two attached hydrogens (primary N) is 1. The molecule has 12 heavy (non-hydrogen) atoms. The minimum Gasteiger partial charge on any atom is -0.489 e. The van der Waals surface area contributed by atoms with E-state index in [1.807, 2.05) is 6.92 Å². The Morgan fingerprint density at radius 2 is 2.33 bits per heavy atom. The molecule has 0 heterocycles. The van der Waals surface area contributed by atoms with Crippen molar-refractivity contribution in [2.24, 2.45) is 5.73 Å². The molecule has 2 nitrogen and oxygen atoms in total. The van der Waals surface area contributed by atoms with Gasteiger partial charge in [0.25, 0.3) is 0 Å². The lowest BCUT2D eigenvalue weighted by Gasteiger charge is -2.11. The molecule has 0 unspecified atom stereocenters. The van der Waals surface area contributed by atoms with Crippen molar-refractivity contribution in [2.75, 3.05) is 6.54 Å². The van der Waals surface area contributed by atoms with Gasteiger partial charge in [0.1, 0.15) is 17.7 Å². The predicted molar refractivity (Wildman–Crippen MR) is 45.5 cm³/mol. The van der Waals surface area contributed by atoms with Crippen LogP contribution in [-0.4, -0.2) is 12.6 Å². The van der Waals surface area contributed by atoms with Gasteiger partial charge in [0, 0.05) is 12.6 Å². The minimum absolute atomic E-state index is 0.0770. The van der Waals surface area contributed by atoms with E-state index in [1.54, 1.807) is 12.1 Å². The molecule has 2 N–H and O–H groups in total. The van der Waals surface area contributed by atoms with Crippen LogP contribution in [0, 0.1) is 5.82 Å². The molecule has 66 valence electrons. The molecule has 0 aromatic heterocycles. The van der Waals surface area contributed by atoms with Crippen LogP contribution in [-0.2, 0) is 0 Å². The van der Waals surface area contributed by atoms with Crippen molar-refractivity contribution in [1.29, 1.82) is 0 Å². The first-order valence-electron chi connectivity index (χ1n) is 3.84. The molecule has 1 aromatic rings. The molecule has 1 atom stereocenters. The molecule has 1 aromatic carbocycles. The lowest BCUT2D eigenvalue weighted by Crippen LogP contribution is -2.22. The van der Waals surface area contributed by atoms with Gasteiger partial charge in [-0.3, -0.25) is 0 Å². The summed E-state index contributed by atoms with van der Waals surface area (Å²) in [5.74, 6) is 0.227. The van der Waals surface area contributed by atoms with Crippen molar-refractivity contribution in [3.63, 3.8) is 0 Å². The van der Waals surface area contributed by atoms with Crippen LogP contribution in [0.15, 0.2) is 24.3 Å². The second-order valence-corrected chi connectivity index (χ2v) is 2.62. The molecule has 3 heteroatoms. The summed E-state index contributed by atoms with van der Waals surface area (Å²) in [5, 5.41) is 0. The Bertz CT molecular complexity index is 252. The SMILES string of the molecule is C[C@H](CN)Oc1cccc(F)c1. The van der Waals surface area contributed by atoms with Crippen molar-refractivity contribution >= 4 is 0 Å². The Hall–Kier alpha value is -1.09. The third kappa shape index (κ3) is 2.51. The van der Waals surface area contributed by atoms with Gasteiger partial charge in [-0.25, -0.2) is 4.39 Å². The van der Waals surface area contributed by atoms with Gasteiger partial charge >= 0.3 is 0 Å². The molecule has 0 amide bonds. The third-order valence-corrected chi connectivity index (χ3v) is 1.47. The molecule has 0 aliphatic carbocycles. The maximum atomic E-state index is 12.6. The molecule has 1 rings (SSSR count). The molecule has 0 saturated heterocycles. The topological polar surface area (TPSA) is 35.2 Å². The Labute approximate surface area is 71.1 Å². The van der Waals surface area contributed by atoms with E-state index >= 15 is 0 Å². The highest BCUT2D eigenvalue weighted by atomic mass is 19.1. The van der Waals surface area contributed by atoms with Crippen molar-refractivity contribution in [3.05, 3.63) is 30.1 Å². The average molecular weight is 169 g/mol.